The third-order valence-corrected chi connectivity index (χ3v) is 6.31. The van der Waals surface area contributed by atoms with E-state index in [0.29, 0.717) is 17.1 Å². The second-order valence-corrected chi connectivity index (χ2v) is 8.32. The zero-order valence-electron chi connectivity index (χ0n) is 18.5. The number of carbonyl (C=O) groups excluding carboxylic acids is 3. The van der Waals surface area contributed by atoms with Gasteiger partial charge in [0.2, 0.25) is 5.91 Å². The smallest absolute Gasteiger partial charge is 0.332 e. The third kappa shape index (κ3) is 4.33. The first-order valence-electron chi connectivity index (χ1n) is 11.2. The molecule has 2 aliphatic rings. The highest BCUT2D eigenvalue weighted by atomic mass is 16.5. The van der Waals surface area contributed by atoms with Gasteiger partial charge in [0, 0.05) is 17.8 Å². The quantitative estimate of drug-likeness (QED) is 0.655. The monoisotopic (exact) mass is 435 g/mol. The van der Waals surface area contributed by atoms with Crippen molar-refractivity contribution in [3.8, 4) is 5.75 Å². The first-order chi connectivity index (χ1) is 15.5. The molecule has 0 aromatic heterocycles. The number of methoxy groups -OCH3 is 1. The third-order valence-electron chi connectivity index (χ3n) is 6.31. The van der Waals surface area contributed by atoms with E-state index in [9.17, 15) is 14.4 Å². The standard InChI is InChI=1S/C25H29N3O4/c1-3-17-11-13-18(14-12-17)26-23(29)16-22-24(30)28(20-9-6-10-21(15-20)32-2)25(31)27(22)19-7-4-5-8-19/h6,9-15,19,22H,3-5,7-8,16H2,1-2H3,(H,26,29)/t22-/m1/s1. The summed E-state index contributed by atoms with van der Waals surface area (Å²) in [6.45, 7) is 2.07. The second-order valence-electron chi connectivity index (χ2n) is 8.32. The maximum atomic E-state index is 13.4. The molecule has 2 aromatic carbocycles. The largest absolute Gasteiger partial charge is 0.497 e. The number of hydrogen-bond donors (Lipinski definition) is 1. The zero-order chi connectivity index (χ0) is 22.7. The summed E-state index contributed by atoms with van der Waals surface area (Å²) in [5.74, 6) is -0.0882. The van der Waals surface area contributed by atoms with Crippen molar-refractivity contribution >= 4 is 29.2 Å². The number of urea groups is 1. The van der Waals surface area contributed by atoms with Gasteiger partial charge in [0.25, 0.3) is 5.91 Å². The molecule has 1 heterocycles. The number of nitrogens with one attached hydrogen (secondary N) is 1. The van der Waals surface area contributed by atoms with Gasteiger partial charge in [-0.15, -0.1) is 0 Å². The molecule has 4 amide bonds. The molecule has 4 rings (SSSR count). The number of hydrogen-bond acceptors (Lipinski definition) is 4. The Labute approximate surface area is 188 Å². The first-order valence-corrected chi connectivity index (χ1v) is 11.2. The summed E-state index contributed by atoms with van der Waals surface area (Å²) in [7, 11) is 1.54. The Morgan fingerprint density at radius 3 is 2.47 bits per heavy atom. The van der Waals surface area contributed by atoms with Crippen LogP contribution in [-0.4, -0.2) is 41.9 Å². The Balaban J connectivity index is 1.56. The number of imide groups is 1. The van der Waals surface area contributed by atoms with Gasteiger partial charge in [-0.2, -0.15) is 0 Å². The SMILES string of the molecule is CCc1ccc(NC(=O)C[C@@H]2C(=O)N(c3cccc(OC)c3)C(=O)N2C2CCCC2)cc1. The van der Waals surface area contributed by atoms with Crippen LogP contribution < -0.4 is 15.0 Å². The molecule has 0 radical (unpaired) electrons. The maximum Gasteiger partial charge on any atom is 0.332 e. The Bertz CT molecular complexity index is 999. The molecular formula is C25H29N3O4. The minimum atomic E-state index is -0.813. The fraction of sp³-hybridized carbons (Fsp3) is 0.400. The number of rotatable bonds is 7. The lowest BCUT2D eigenvalue weighted by molar-refractivity contribution is -0.124. The van der Waals surface area contributed by atoms with E-state index in [1.165, 1.54) is 17.6 Å². The summed E-state index contributed by atoms with van der Waals surface area (Å²) in [4.78, 5) is 42.4. The van der Waals surface area contributed by atoms with Gasteiger partial charge in [-0.05, 0) is 49.1 Å². The normalized spacial score (nSPS) is 19.0. The Morgan fingerprint density at radius 1 is 1.09 bits per heavy atom. The van der Waals surface area contributed by atoms with Gasteiger partial charge >= 0.3 is 6.03 Å². The number of ether oxygens (including phenoxy) is 1. The summed E-state index contributed by atoms with van der Waals surface area (Å²) < 4.78 is 5.26. The van der Waals surface area contributed by atoms with Gasteiger partial charge in [0.05, 0.1) is 19.2 Å². The highest BCUT2D eigenvalue weighted by molar-refractivity contribution is 6.22. The molecule has 1 saturated carbocycles. The summed E-state index contributed by atoms with van der Waals surface area (Å²) in [5, 5.41) is 2.87. The van der Waals surface area contributed by atoms with Gasteiger partial charge in [-0.25, -0.2) is 9.69 Å². The van der Waals surface area contributed by atoms with Crippen LogP contribution in [0.4, 0.5) is 16.2 Å². The minimum Gasteiger partial charge on any atom is -0.497 e. The van der Waals surface area contributed by atoms with E-state index < -0.39 is 6.04 Å². The number of benzene rings is 2. The van der Waals surface area contributed by atoms with Crippen molar-refractivity contribution in [1.82, 2.24) is 4.90 Å². The molecule has 1 N–H and O–H groups in total. The lowest BCUT2D eigenvalue weighted by Crippen LogP contribution is -2.43. The molecule has 0 bridgehead atoms. The molecule has 1 atom stereocenters. The van der Waals surface area contributed by atoms with Crippen molar-refractivity contribution in [3.63, 3.8) is 0 Å². The van der Waals surface area contributed by atoms with Crippen LogP contribution in [0.25, 0.3) is 0 Å². The van der Waals surface area contributed by atoms with Crippen molar-refractivity contribution in [2.75, 3.05) is 17.3 Å². The number of anilines is 2. The van der Waals surface area contributed by atoms with Gasteiger partial charge in [0.15, 0.2) is 0 Å². The minimum absolute atomic E-state index is 0.0244. The lowest BCUT2D eigenvalue weighted by atomic mass is 10.1. The van der Waals surface area contributed by atoms with Gasteiger partial charge in [-0.1, -0.05) is 38.0 Å². The van der Waals surface area contributed by atoms with E-state index in [1.807, 2.05) is 24.3 Å². The van der Waals surface area contributed by atoms with Crippen molar-refractivity contribution in [2.45, 2.75) is 57.5 Å². The van der Waals surface area contributed by atoms with Crippen molar-refractivity contribution in [1.29, 1.82) is 0 Å². The van der Waals surface area contributed by atoms with E-state index in [1.54, 1.807) is 29.2 Å². The highest BCUT2D eigenvalue weighted by Gasteiger charge is 2.49. The first kappa shape index (κ1) is 21.9. The predicted molar refractivity (Wildman–Crippen MR) is 123 cm³/mol. The van der Waals surface area contributed by atoms with Crippen LogP contribution in [0.2, 0.25) is 0 Å². The maximum absolute atomic E-state index is 13.4. The lowest BCUT2D eigenvalue weighted by Gasteiger charge is -2.27. The van der Waals surface area contributed by atoms with E-state index in [0.717, 1.165) is 32.1 Å². The van der Waals surface area contributed by atoms with Crippen molar-refractivity contribution < 1.29 is 19.1 Å². The molecular weight excluding hydrogens is 406 g/mol. The number of carbonyl (C=O) groups is 3. The second kappa shape index (κ2) is 9.42. The van der Waals surface area contributed by atoms with Crippen molar-refractivity contribution in [2.24, 2.45) is 0 Å². The van der Waals surface area contributed by atoms with Gasteiger partial charge < -0.3 is 15.0 Å². The molecule has 7 nitrogen and oxygen atoms in total. The van der Waals surface area contributed by atoms with Crippen LogP contribution in [0.3, 0.4) is 0 Å². The topological polar surface area (TPSA) is 79.0 Å². The van der Waals surface area contributed by atoms with E-state index in [-0.39, 0.29) is 30.3 Å². The fourth-order valence-electron chi connectivity index (χ4n) is 4.59. The van der Waals surface area contributed by atoms with Gasteiger partial charge in [0.1, 0.15) is 11.8 Å². The highest BCUT2D eigenvalue weighted by Crippen LogP contribution is 2.35. The zero-order valence-corrected chi connectivity index (χ0v) is 18.5. The summed E-state index contributed by atoms with van der Waals surface area (Å²) in [5.41, 5.74) is 2.32. The van der Waals surface area contributed by atoms with Crippen LogP contribution in [0.1, 0.15) is 44.6 Å². The molecule has 1 aliphatic heterocycles. The Hall–Kier alpha value is -3.35. The van der Waals surface area contributed by atoms with E-state index in [4.69, 9.17) is 4.74 Å². The Kier molecular flexibility index (Phi) is 6.44. The molecule has 0 spiro atoms. The molecule has 1 aliphatic carbocycles. The molecule has 2 aromatic rings. The van der Waals surface area contributed by atoms with Crippen LogP contribution >= 0.6 is 0 Å². The molecule has 7 heteroatoms. The summed E-state index contributed by atoms with van der Waals surface area (Å²) in [6.07, 6.45) is 4.58. The van der Waals surface area contributed by atoms with Crippen LogP contribution in [0, 0.1) is 0 Å². The van der Waals surface area contributed by atoms with Crippen LogP contribution in [0.15, 0.2) is 48.5 Å². The molecule has 0 unspecified atom stereocenters. The van der Waals surface area contributed by atoms with Crippen molar-refractivity contribution in [3.05, 3.63) is 54.1 Å². The predicted octanol–water partition coefficient (Wildman–Crippen LogP) is 4.37. The molecule has 1 saturated heterocycles. The summed E-state index contributed by atoms with van der Waals surface area (Å²) in [6, 6.07) is 13.3. The molecule has 168 valence electrons. The van der Waals surface area contributed by atoms with Gasteiger partial charge in [-0.3, -0.25) is 9.59 Å². The molecule has 2 fully saturated rings. The summed E-state index contributed by atoms with van der Waals surface area (Å²) >= 11 is 0. The Morgan fingerprint density at radius 2 is 1.81 bits per heavy atom. The average Bonchev–Trinajstić information content (AvgIpc) is 3.41. The van der Waals surface area contributed by atoms with Crippen LogP contribution in [0.5, 0.6) is 5.75 Å². The number of aryl methyl sites for hydroxylation is 1. The number of amides is 4. The van der Waals surface area contributed by atoms with E-state index in [2.05, 4.69) is 12.2 Å². The van der Waals surface area contributed by atoms with Crippen LogP contribution in [-0.2, 0) is 16.0 Å². The van der Waals surface area contributed by atoms with E-state index >= 15 is 0 Å². The fourth-order valence-corrected chi connectivity index (χ4v) is 4.59. The number of nitrogens with zero attached hydrogens (tertiary/aromatic N) is 2. The average molecular weight is 436 g/mol. The molecule has 32 heavy (non-hydrogen) atoms.